The molecule has 2 aromatic carbocycles. The largest absolute Gasteiger partial charge is 0.490 e. The molecule has 0 radical (unpaired) electrons. The highest BCUT2D eigenvalue weighted by atomic mass is 32.2. The first-order valence-electron chi connectivity index (χ1n) is 10.3. The maximum absolute atomic E-state index is 12.5. The van der Waals surface area contributed by atoms with E-state index >= 15 is 0 Å². The summed E-state index contributed by atoms with van der Waals surface area (Å²) in [7, 11) is 0. The fraction of sp³-hybridized carbons (Fsp3) is 0.261. The number of amides is 1. The molecule has 0 atom stereocenters. The lowest BCUT2D eigenvalue weighted by Crippen LogP contribution is -2.15. The molecule has 32 heavy (non-hydrogen) atoms. The lowest BCUT2D eigenvalue weighted by atomic mass is 10.2. The molecule has 0 unspecified atom stereocenters. The third-order valence-electron chi connectivity index (χ3n) is 4.58. The van der Waals surface area contributed by atoms with Crippen LogP contribution in [0.2, 0.25) is 0 Å². The van der Waals surface area contributed by atoms with Crippen molar-refractivity contribution in [1.82, 2.24) is 14.8 Å². The third-order valence-corrected chi connectivity index (χ3v) is 5.55. The Kier molecular flexibility index (Phi) is 7.29. The molecule has 166 valence electrons. The van der Waals surface area contributed by atoms with E-state index < -0.39 is 0 Å². The fourth-order valence-electron chi connectivity index (χ4n) is 3.08. The molecule has 0 saturated carbocycles. The highest BCUT2D eigenvalue weighted by Crippen LogP contribution is 2.32. The van der Waals surface area contributed by atoms with E-state index in [-0.39, 0.29) is 18.3 Å². The Bertz CT molecular complexity index is 1070. The van der Waals surface area contributed by atoms with Crippen molar-refractivity contribution in [3.05, 3.63) is 67.0 Å². The van der Waals surface area contributed by atoms with Gasteiger partial charge in [-0.1, -0.05) is 36.0 Å². The minimum absolute atomic E-state index is 0.153. The van der Waals surface area contributed by atoms with Crippen molar-refractivity contribution in [2.45, 2.75) is 24.7 Å². The van der Waals surface area contributed by atoms with Gasteiger partial charge in [-0.15, -0.1) is 16.8 Å². The number of hydrogen-bond donors (Lipinski definition) is 1. The van der Waals surface area contributed by atoms with Gasteiger partial charge in [-0.3, -0.25) is 9.36 Å². The van der Waals surface area contributed by atoms with Crippen LogP contribution in [0.5, 0.6) is 17.2 Å². The van der Waals surface area contributed by atoms with Crippen LogP contribution in [-0.4, -0.2) is 39.6 Å². The van der Waals surface area contributed by atoms with Crippen molar-refractivity contribution in [2.75, 3.05) is 24.3 Å². The van der Waals surface area contributed by atoms with Crippen molar-refractivity contribution < 1.29 is 19.0 Å². The van der Waals surface area contributed by atoms with E-state index in [2.05, 4.69) is 22.1 Å². The summed E-state index contributed by atoms with van der Waals surface area (Å²) >= 11 is 1.31. The number of ether oxygens (including phenoxy) is 3. The third kappa shape index (κ3) is 5.61. The number of carbonyl (C=O) groups is 1. The van der Waals surface area contributed by atoms with Crippen molar-refractivity contribution in [3.63, 3.8) is 0 Å². The Morgan fingerprint density at radius 1 is 1.16 bits per heavy atom. The summed E-state index contributed by atoms with van der Waals surface area (Å²) in [6.45, 7) is 5.81. The van der Waals surface area contributed by atoms with Crippen LogP contribution in [0.4, 0.5) is 5.69 Å². The molecule has 1 aliphatic heterocycles. The number of rotatable bonds is 9. The molecule has 2 heterocycles. The van der Waals surface area contributed by atoms with Crippen LogP contribution in [0.3, 0.4) is 0 Å². The van der Waals surface area contributed by atoms with Gasteiger partial charge >= 0.3 is 0 Å². The smallest absolute Gasteiger partial charge is 0.234 e. The summed E-state index contributed by atoms with van der Waals surface area (Å²) in [6, 6.07) is 14.9. The minimum atomic E-state index is -0.153. The molecule has 9 heteroatoms. The summed E-state index contributed by atoms with van der Waals surface area (Å²) < 4.78 is 19.0. The van der Waals surface area contributed by atoms with E-state index in [0.29, 0.717) is 47.9 Å². The van der Waals surface area contributed by atoms with Gasteiger partial charge in [-0.05, 0) is 24.3 Å². The van der Waals surface area contributed by atoms with Crippen LogP contribution in [-0.2, 0) is 17.9 Å². The second kappa shape index (κ2) is 10.7. The number of fused-ring (bicyclic) bond motifs is 1. The van der Waals surface area contributed by atoms with E-state index in [9.17, 15) is 4.79 Å². The summed E-state index contributed by atoms with van der Waals surface area (Å²) in [4.78, 5) is 12.5. The number of allylic oxidation sites excluding steroid dienone is 1. The molecule has 0 fully saturated rings. The van der Waals surface area contributed by atoms with Gasteiger partial charge in [0, 0.05) is 24.7 Å². The van der Waals surface area contributed by atoms with Gasteiger partial charge in [0.1, 0.15) is 12.4 Å². The van der Waals surface area contributed by atoms with E-state index in [1.54, 1.807) is 18.2 Å². The molecule has 1 aliphatic rings. The standard InChI is InChI=1S/C23H24N4O4S/c1-2-11-27-21(15-31-18-7-4-3-5-8-18)25-26-23(27)32-16-22(28)24-17-9-10-19-20(14-17)30-13-6-12-29-19/h2-5,7-10,14H,1,6,11-13,15-16H2,(H,24,28). The number of anilines is 1. The van der Waals surface area contributed by atoms with Crippen molar-refractivity contribution in [1.29, 1.82) is 0 Å². The Hall–Kier alpha value is -3.46. The number of hydrogen-bond acceptors (Lipinski definition) is 7. The molecular formula is C23H24N4O4S. The van der Waals surface area contributed by atoms with Gasteiger partial charge in [0.25, 0.3) is 0 Å². The Morgan fingerprint density at radius 2 is 1.97 bits per heavy atom. The SMILES string of the molecule is C=CCn1c(COc2ccccc2)nnc1SCC(=O)Nc1ccc2c(c1)OCCCO2. The lowest BCUT2D eigenvalue weighted by molar-refractivity contribution is -0.113. The van der Waals surface area contributed by atoms with Crippen molar-refractivity contribution >= 4 is 23.4 Å². The van der Waals surface area contributed by atoms with E-state index in [1.165, 1.54) is 11.8 Å². The van der Waals surface area contributed by atoms with Gasteiger partial charge in [0.15, 0.2) is 22.5 Å². The molecule has 0 aliphatic carbocycles. The molecule has 1 aromatic heterocycles. The summed E-state index contributed by atoms with van der Waals surface area (Å²) in [5.74, 6) is 2.78. The fourth-order valence-corrected chi connectivity index (χ4v) is 3.84. The van der Waals surface area contributed by atoms with Crippen LogP contribution in [0.25, 0.3) is 0 Å². The topological polar surface area (TPSA) is 87.5 Å². The normalized spacial score (nSPS) is 12.6. The zero-order valence-corrected chi connectivity index (χ0v) is 18.3. The summed E-state index contributed by atoms with van der Waals surface area (Å²) in [6.07, 6.45) is 2.59. The molecule has 1 amide bonds. The van der Waals surface area contributed by atoms with Crippen LogP contribution >= 0.6 is 11.8 Å². The number of thioether (sulfide) groups is 1. The maximum atomic E-state index is 12.5. The number of nitrogens with zero attached hydrogens (tertiary/aromatic N) is 3. The number of para-hydroxylation sites is 1. The molecule has 4 rings (SSSR count). The lowest BCUT2D eigenvalue weighted by Gasteiger charge is -2.11. The predicted molar refractivity (Wildman–Crippen MR) is 122 cm³/mol. The molecule has 0 saturated heterocycles. The minimum Gasteiger partial charge on any atom is -0.490 e. The van der Waals surface area contributed by atoms with Gasteiger partial charge < -0.3 is 19.5 Å². The van der Waals surface area contributed by atoms with E-state index in [0.717, 1.165) is 12.2 Å². The van der Waals surface area contributed by atoms with Gasteiger partial charge in [0.2, 0.25) is 5.91 Å². The summed E-state index contributed by atoms with van der Waals surface area (Å²) in [5, 5.41) is 12.0. The quantitative estimate of drug-likeness (QED) is 0.389. The van der Waals surface area contributed by atoms with Crippen LogP contribution in [0, 0.1) is 0 Å². The van der Waals surface area contributed by atoms with Gasteiger partial charge in [-0.2, -0.15) is 0 Å². The van der Waals surface area contributed by atoms with Gasteiger partial charge in [0.05, 0.1) is 19.0 Å². The second-order valence-corrected chi connectivity index (χ2v) is 7.89. The molecule has 3 aromatic rings. The zero-order valence-electron chi connectivity index (χ0n) is 17.5. The molecular weight excluding hydrogens is 428 g/mol. The first-order chi connectivity index (χ1) is 15.7. The van der Waals surface area contributed by atoms with E-state index in [4.69, 9.17) is 14.2 Å². The summed E-state index contributed by atoms with van der Waals surface area (Å²) in [5.41, 5.74) is 0.657. The van der Waals surface area contributed by atoms with Crippen molar-refractivity contribution in [2.24, 2.45) is 0 Å². The number of aromatic nitrogens is 3. The molecule has 0 spiro atoms. The van der Waals surface area contributed by atoms with Crippen LogP contribution in [0.15, 0.2) is 66.3 Å². The number of carbonyl (C=O) groups excluding carboxylic acids is 1. The number of benzene rings is 2. The van der Waals surface area contributed by atoms with Gasteiger partial charge in [-0.25, -0.2) is 0 Å². The average Bonchev–Trinajstić information content (AvgIpc) is 3.03. The van der Waals surface area contributed by atoms with Crippen molar-refractivity contribution in [3.8, 4) is 17.2 Å². The highest BCUT2D eigenvalue weighted by Gasteiger charge is 2.15. The Labute approximate surface area is 190 Å². The second-order valence-electron chi connectivity index (χ2n) is 6.95. The van der Waals surface area contributed by atoms with Crippen LogP contribution in [0.1, 0.15) is 12.2 Å². The first kappa shape index (κ1) is 21.8. The average molecular weight is 453 g/mol. The highest BCUT2D eigenvalue weighted by molar-refractivity contribution is 7.99. The predicted octanol–water partition coefficient (Wildman–Crippen LogP) is 3.94. The Balaban J connectivity index is 1.35. The molecule has 1 N–H and O–H groups in total. The van der Waals surface area contributed by atoms with E-state index in [1.807, 2.05) is 41.0 Å². The monoisotopic (exact) mass is 452 g/mol. The number of nitrogens with one attached hydrogen (secondary N) is 1. The molecule has 0 bridgehead atoms. The van der Waals surface area contributed by atoms with Crippen LogP contribution < -0.4 is 19.5 Å². The first-order valence-corrected chi connectivity index (χ1v) is 11.2. The zero-order chi connectivity index (χ0) is 22.2. The molecule has 8 nitrogen and oxygen atoms in total. The Morgan fingerprint density at radius 3 is 2.78 bits per heavy atom. The maximum Gasteiger partial charge on any atom is 0.234 e.